The number of thiophene rings is 1. The highest BCUT2D eigenvalue weighted by Crippen LogP contribution is 2.30. The van der Waals surface area contributed by atoms with Crippen LogP contribution in [0.4, 0.5) is 26.3 Å². The zero-order valence-electron chi connectivity index (χ0n) is 21.9. The van der Waals surface area contributed by atoms with Gasteiger partial charge >= 0.3 is 24.3 Å². The van der Waals surface area contributed by atoms with Crippen LogP contribution in [0.5, 0.6) is 0 Å². The van der Waals surface area contributed by atoms with Gasteiger partial charge in [0.1, 0.15) is 0 Å². The average molecular weight is 605 g/mol. The SMILES string of the molecule is CCN1CCN(C2CCN(C(=O)c3ccc(C4CCCN4)s3)CC2)CC1.O=C(O)C(F)(F)F.O=C(O)C(F)(F)F. The average Bonchev–Trinajstić information content (AvgIpc) is 3.61. The van der Waals surface area contributed by atoms with E-state index in [1.165, 1.54) is 50.4 Å². The Bertz CT molecular complexity index is 944. The molecule has 0 aromatic carbocycles. The van der Waals surface area contributed by atoms with E-state index in [0.717, 1.165) is 37.4 Å². The summed E-state index contributed by atoms with van der Waals surface area (Å²) in [5.74, 6) is -5.27. The van der Waals surface area contributed by atoms with Crippen molar-refractivity contribution < 1.29 is 50.9 Å². The molecule has 1 unspecified atom stereocenters. The number of likely N-dealkylation sites (tertiary alicyclic amines) is 1. The smallest absolute Gasteiger partial charge is 0.475 e. The molecule has 1 amide bonds. The molecule has 0 spiro atoms. The first-order valence-electron chi connectivity index (χ1n) is 12.8. The molecule has 228 valence electrons. The topological polar surface area (TPSA) is 113 Å². The van der Waals surface area contributed by atoms with Gasteiger partial charge in [-0.25, -0.2) is 9.59 Å². The molecule has 1 aromatic rings. The predicted octanol–water partition coefficient (Wildman–Crippen LogP) is 3.68. The van der Waals surface area contributed by atoms with E-state index in [1.807, 2.05) is 6.07 Å². The number of hydrogen-bond donors (Lipinski definition) is 3. The predicted molar refractivity (Wildman–Crippen MR) is 134 cm³/mol. The van der Waals surface area contributed by atoms with Gasteiger partial charge in [-0.15, -0.1) is 11.3 Å². The minimum atomic E-state index is -5.08. The van der Waals surface area contributed by atoms with Crippen molar-refractivity contribution in [2.45, 2.75) is 57.0 Å². The monoisotopic (exact) mass is 604 g/mol. The van der Waals surface area contributed by atoms with E-state index in [1.54, 1.807) is 11.3 Å². The van der Waals surface area contributed by atoms with Gasteiger partial charge in [-0.2, -0.15) is 26.3 Å². The molecule has 0 radical (unpaired) electrons. The molecule has 3 fully saturated rings. The largest absolute Gasteiger partial charge is 0.490 e. The summed E-state index contributed by atoms with van der Waals surface area (Å²) < 4.78 is 63.5. The molecule has 9 nitrogen and oxygen atoms in total. The minimum Gasteiger partial charge on any atom is -0.475 e. The summed E-state index contributed by atoms with van der Waals surface area (Å²) in [6.45, 7) is 11.1. The third-order valence-electron chi connectivity index (χ3n) is 6.85. The number of nitrogens with zero attached hydrogens (tertiary/aromatic N) is 3. The first-order chi connectivity index (χ1) is 18.6. The van der Waals surface area contributed by atoms with Gasteiger partial charge in [-0.1, -0.05) is 6.92 Å². The maximum absolute atomic E-state index is 12.9. The van der Waals surface area contributed by atoms with Gasteiger partial charge in [0.05, 0.1) is 4.88 Å². The number of nitrogens with one attached hydrogen (secondary N) is 1. The normalized spacial score (nSPS) is 21.2. The molecule has 3 N–H and O–H groups in total. The summed E-state index contributed by atoms with van der Waals surface area (Å²) in [4.78, 5) is 40.2. The van der Waals surface area contributed by atoms with E-state index in [-0.39, 0.29) is 5.91 Å². The second-order valence-corrected chi connectivity index (χ2v) is 10.6. The Morgan fingerprint density at radius 1 is 0.900 bits per heavy atom. The van der Waals surface area contributed by atoms with Gasteiger partial charge in [0.25, 0.3) is 5.91 Å². The minimum absolute atomic E-state index is 0.244. The number of carbonyl (C=O) groups is 3. The highest BCUT2D eigenvalue weighted by molar-refractivity contribution is 7.14. The van der Waals surface area contributed by atoms with Crippen molar-refractivity contribution in [1.82, 2.24) is 20.0 Å². The molecule has 0 saturated carbocycles. The lowest BCUT2D eigenvalue weighted by atomic mass is 10.0. The lowest BCUT2D eigenvalue weighted by molar-refractivity contribution is -0.193. The number of likely N-dealkylation sites (N-methyl/N-ethyl adjacent to an activating group) is 1. The maximum atomic E-state index is 12.9. The summed E-state index contributed by atoms with van der Waals surface area (Å²) >= 11 is 1.69. The summed E-state index contributed by atoms with van der Waals surface area (Å²) in [7, 11) is 0. The van der Waals surface area contributed by atoms with Crippen LogP contribution in [0, 0.1) is 0 Å². The van der Waals surface area contributed by atoms with Crippen molar-refractivity contribution in [3.05, 3.63) is 21.9 Å². The summed E-state index contributed by atoms with van der Waals surface area (Å²) in [6.07, 6.45) is -5.47. The number of rotatable bonds is 4. The Kier molecular flexibility index (Phi) is 12.7. The van der Waals surface area contributed by atoms with E-state index in [0.29, 0.717) is 12.1 Å². The van der Waals surface area contributed by atoms with Crippen molar-refractivity contribution >= 4 is 29.2 Å². The van der Waals surface area contributed by atoms with E-state index in [2.05, 4.69) is 33.0 Å². The zero-order chi connectivity index (χ0) is 30.1. The van der Waals surface area contributed by atoms with Crippen LogP contribution < -0.4 is 5.32 Å². The number of aliphatic carboxylic acids is 2. The molecule has 3 aliphatic heterocycles. The Hall–Kier alpha value is -2.43. The third kappa shape index (κ3) is 10.5. The fraction of sp³-hybridized carbons (Fsp3) is 0.708. The van der Waals surface area contributed by atoms with Crippen molar-refractivity contribution in [1.29, 1.82) is 0 Å². The molecule has 3 saturated heterocycles. The van der Waals surface area contributed by atoms with Crippen LogP contribution in [0.25, 0.3) is 0 Å². The number of carboxylic acid groups (broad SMARTS) is 2. The maximum Gasteiger partial charge on any atom is 0.490 e. The number of carboxylic acids is 2. The van der Waals surface area contributed by atoms with Crippen molar-refractivity contribution in [2.75, 3.05) is 52.4 Å². The van der Waals surface area contributed by atoms with Crippen molar-refractivity contribution in [2.24, 2.45) is 0 Å². The molecule has 0 bridgehead atoms. The molecule has 4 rings (SSSR count). The number of piperidine rings is 1. The van der Waals surface area contributed by atoms with E-state index in [9.17, 15) is 31.1 Å². The van der Waals surface area contributed by atoms with Gasteiger partial charge in [-0.05, 0) is 50.9 Å². The van der Waals surface area contributed by atoms with Gasteiger partial charge in [0, 0.05) is 56.2 Å². The fourth-order valence-electron chi connectivity index (χ4n) is 4.62. The van der Waals surface area contributed by atoms with E-state index < -0.39 is 24.3 Å². The number of hydrogen-bond acceptors (Lipinski definition) is 7. The Morgan fingerprint density at radius 2 is 1.43 bits per heavy atom. The number of amides is 1. The molecule has 4 heterocycles. The Balaban J connectivity index is 0.000000333. The molecular weight excluding hydrogens is 570 g/mol. The first-order valence-corrected chi connectivity index (χ1v) is 13.6. The highest BCUT2D eigenvalue weighted by atomic mass is 32.1. The lowest BCUT2D eigenvalue weighted by Gasteiger charge is -2.42. The molecule has 40 heavy (non-hydrogen) atoms. The highest BCUT2D eigenvalue weighted by Gasteiger charge is 2.39. The number of alkyl halides is 6. The summed E-state index contributed by atoms with van der Waals surface area (Å²) in [5.41, 5.74) is 0. The van der Waals surface area contributed by atoms with E-state index in [4.69, 9.17) is 19.8 Å². The fourth-order valence-corrected chi connectivity index (χ4v) is 5.70. The Labute approximate surface area is 231 Å². The van der Waals surface area contributed by atoms with Crippen LogP contribution in [-0.4, -0.2) is 114 Å². The van der Waals surface area contributed by atoms with Gasteiger partial charge in [-0.3, -0.25) is 9.69 Å². The number of carbonyl (C=O) groups excluding carboxylic acids is 1. The Morgan fingerprint density at radius 3 is 1.85 bits per heavy atom. The van der Waals surface area contributed by atoms with Crippen LogP contribution in [0.15, 0.2) is 12.1 Å². The van der Waals surface area contributed by atoms with Crippen LogP contribution >= 0.6 is 11.3 Å². The lowest BCUT2D eigenvalue weighted by Crippen LogP contribution is -2.53. The number of piperazine rings is 1. The van der Waals surface area contributed by atoms with E-state index >= 15 is 0 Å². The summed E-state index contributed by atoms with van der Waals surface area (Å²) in [6, 6.07) is 5.33. The standard InChI is InChI=1S/C20H32N4OS.2C2HF3O2/c1-2-22-12-14-23(15-13-22)16-7-10-24(11-8-16)20(25)19-6-5-18(26-19)17-4-3-9-21-17;2*3-2(4,5)1(6)7/h5-6,16-17,21H,2-4,7-15H2,1H3;2*(H,6,7). The molecule has 1 aromatic heterocycles. The number of halogens is 6. The van der Waals surface area contributed by atoms with Crippen molar-refractivity contribution in [3.8, 4) is 0 Å². The quantitative estimate of drug-likeness (QED) is 0.447. The van der Waals surface area contributed by atoms with Crippen LogP contribution in [0.3, 0.4) is 0 Å². The molecule has 0 aliphatic carbocycles. The third-order valence-corrected chi connectivity index (χ3v) is 8.04. The molecule has 16 heteroatoms. The zero-order valence-corrected chi connectivity index (χ0v) is 22.7. The van der Waals surface area contributed by atoms with Crippen LogP contribution in [-0.2, 0) is 9.59 Å². The van der Waals surface area contributed by atoms with Gasteiger partial charge < -0.3 is 25.3 Å². The van der Waals surface area contributed by atoms with Crippen molar-refractivity contribution in [3.63, 3.8) is 0 Å². The molecule has 1 atom stereocenters. The molecular formula is C24H34F6N4O5S. The van der Waals surface area contributed by atoms with Crippen LogP contribution in [0.1, 0.15) is 53.2 Å². The summed E-state index contributed by atoms with van der Waals surface area (Å²) in [5, 5.41) is 17.8. The first kappa shape index (κ1) is 33.8. The molecule has 3 aliphatic rings. The van der Waals surface area contributed by atoms with Gasteiger partial charge in [0.2, 0.25) is 0 Å². The second-order valence-electron chi connectivity index (χ2n) is 9.45. The van der Waals surface area contributed by atoms with Crippen LogP contribution in [0.2, 0.25) is 0 Å². The second kappa shape index (κ2) is 15.0. The van der Waals surface area contributed by atoms with Gasteiger partial charge in [0.15, 0.2) is 0 Å².